The van der Waals surface area contributed by atoms with Gasteiger partial charge < -0.3 is 4.90 Å². The lowest BCUT2D eigenvalue weighted by molar-refractivity contribution is 0.209. The van der Waals surface area contributed by atoms with E-state index in [4.69, 9.17) is 0 Å². The summed E-state index contributed by atoms with van der Waals surface area (Å²) >= 11 is 0. The van der Waals surface area contributed by atoms with E-state index in [2.05, 4.69) is 32.2 Å². The summed E-state index contributed by atoms with van der Waals surface area (Å²) in [5, 5.41) is 7.17. The van der Waals surface area contributed by atoms with Crippen molar-refractivity contribution in [2.75, 3.05) is 19.6 Å². The number of nitrogens with zero attached hydrogens (tertiary/aromatic N) is 3. The third kappa shape index (κ3) is 3.45. The van der Waals surface area contributed by atoms with Crippen LogP contribution in [0.3, 0.4) is 0 Å². The number of rotatable bonds is 5. The van der Waals surface area contributed by atoms with Crippen LogP contribution >= 0.6 is 0 Å². The van der Waals surface area contributed by atoms with Crippen molar-refractivity contribution in [1.82, 2.24) is 20.1 Å². The Kier molecular flexibility index (Phi) is 4.43. The van der Waals surface area contributed by atoms with E-state index in [1.807, 2.05) is 24.7 Å². The predicted molar refractivity (Wildman–Crippen MR) is 79.6 cm³/mol. The van der Waals surface area contributed by atoms with E-state index < -0.39 is 0 Å². The Morgan fingerprint density at radius 1 is 1.20 bits per heavy atom. The lowest BCUT2D eigenvalue weighted by Crippen LogP contribution is -2.34. The van der Waals surface area contributed by atoms with Gasteiger partial charge in [0.05, 0.1) is 0 Å². The highest BCUT2D eigenvalue weighted by Crippen LogP contribution is 2.26. The molecule has 0 aromatic carbocycles. The average molecular weight is 270 g/mol. The summed E-state index contributed by atoms with van der Waals surface area (Å²) in [6, 6.07) is 6.30. The Hall–Kier alpha value is -1.68. The molecule has 3 rings (SSSR count). The number of piperidine rings is 1. The summed E-state index contributed by atoms with van der Waals surface area (Å²) in [7, 11) is 0. The summed E-state index contributed by atoms with van der Waals surface area (Å²) in [5.74, 6) is 0.673. The molecule has 2 aromatic heterocycles. The lowest BCUT2D eigenvalue weighted by atomic mass is 9.93. The van der Waals surface area contributed by atoms with Crippen molar-refractivity contribution < 1.29 is 0 Å². The molecule has 1 aliphatic rings. The minimum atomic E-state index is 0.673. The molecule has 106 valence electrons. The van der Waals surface area contributed by atoms with Gasteiger partial charge in [-0.1, -0.05) is 6.07 Å². The maximum atomic E-state index is 4.17. The van der Waals surface area contributed by atoms with Gasteiger partial charge in [-0.15, -0.1) is 0 Å². The largest absolute Gasteiger partial charge is 0.303 e. The molecule has 20 heavy (non-hydrogen) atoms. The summed E-state index contributed by atoms with van der Waals surface area (Å²) in [6.45, 7) is 3.61. The summed E-state index contributed by atoms with van der Waals surface area (Å²) in [5.41, 5.74) is 2.65. The Bertz CT molecular complexity index is 486. The van der Waals surface area contributed by atoms with Crippen molar-refractivity contribution in [2.45, 2.75) is 31.6 Å². The van der Waals surface area contributed by atoms with Crippen molar-refractivity contribution in [2.24, 2.45) is 0 Å². The van der Waals surface area contributed by atoms with E-state index in [1.165, 1.54) is 50.2 Å². The number of hydrogen-bond donors (Lipinski definition) is 1. The molecule has 1 fully saturated rings. The van der Waals surface area contributed by atoms with E-state index in [0.29, 0.717) is 5.92 Å². The Morgan fingerprint density at radius 2 is 2.10 bits per heavy atom. The standard InChI is InChI=1S/C16H22N4/c1-3-14(13-17-8-1)4-2-10-20-11-6-15(7-12-20)16-5-9-18-19-16/h1,3,5,8-9,13,15H,2,4,6-7,10-12H2,(H,18,19). The monoisotopic (exact) mass is 270 g/mol. The van der Waals surface area contributed by atoms with Crippen LogP contribution in [0.25, 0.3) is 0 Å². The zero-order valence-electron chi connectivity index (χ0n) is 11.8. The smallest absolute Gasteiger partial charge is 0.0490 e. The second kappa shape index (κ2) is 6.66. The number of aromatic nitrogens is 3. The zero-order chi connectivity index (χ0) is 13.6. The van der Waals surface area contributed by atoms with Gasteiger partial charge in [0.15, 0.2) is 0 Å². The summed E-state index contributed by atoms with van der Waals surface area (Å²) in [4.78, 5) is 6.75. The molecule has 0 spiro atoms. The fourth-order valence-corrected chi connectivity index (χ4v) is 3.01. The first-order valence-electron chi connectivity index (χ1n) is 7.52. The number of aryl methyl sites for hydroxylation is 1. The number of hydrogen-bond acceptors (Lipinski definition) is 3. The molecule has 0 atom stereocenters. The lowest BCUT2D eigenvalue weighted by Gasteiger charge is -2.31. The molecule has 1 N–H and O–H groups in total. The van der Waals surface area contributed by atoms with Gasteiger partial charge in [0, 0.05) is 30.2 Å². The molecule has 0 aliphatic carbocycles. The number of aromatic amines is 1. The van der Waals surface area contributed by atoms with Crippen LogP contribution in [0, 0.1) is 0 Å². The first-order chi connectivity index (χ1) is 9.92. The highest BCUT2D eigenvalue weighted by atomic mass is 15.1. The van der Waals surface area contributed by atoms with E-state index in [-0.39, 0.29) is 0 Å². The fraction of sp³-hybridized carbons (Fsp3) is 0.500. The topological polar surface area (TPSA) is 44.8 Å². The Labute approximate surface area is 120 Å². The van der Waals surface area contributed by atoms with Crippen molar-refractivity contribution in [1.29, 1.82) is 0 Å². The van der Waals surface area contributed by atoms with E-state index in [9.17, 15) is 0 Å². The van der Waals surface area contributed by atoms with Crippen LogP contribution in [0.2, 0.25) is 0 Å². The molecule has 2 aromatic rings. The van der Waals surface area contributed by atoms with Gasteiger partial charge in [-0.25, -0.2) is 0 Å². The third-order valence-electron chi connectivity index (χ3n) is 4.21. The van der Waals surface area contributed by atoms with Gasteiger partial charge in [0.2, 0.25) is 0 Å². The molecule has 1 aliphatic heterocycles. The van der Waals surface area contributed by atoms with Gasteiger partial charge in [0.25, 0.3) is 0 Å². The van der Waals surface area contributed by atoms with Crippen LogP contribution in [0.4, 0.5) is 0 Å². The van der Waals surface area contributed by atoms with E-state index in [0.717, 1.165) is 6.42 Å². The van der Waals surface area contributed by atoms with Crippen molar-refractivity contribution in [3.8, 4) is 0 Å². The second-order valence-corrected chi connectivity index (χ2v) is 5.59. The molecular formula is C16H22N4. The van der Waals surface area contributed by atoms with Crippen molar-refractivity contribution in [3.63, 3.8) is 0 Å². The molecule has 1 saturated heterocycles. The zero-order valence-corrected chi connectivity index (χ0v) is 11.8. The molecule has 4 heteroatoms. The molecular weight excluding hydrogens is 248 g/mol. The molecule has 0 bridgehead atoms. The summed E-state index contributed by atoms with van der Waals surface area (Å²) in [6.07, 6.45) is 10.5. The average Bonchev–Trinajstić information content (AvgIpc) is 3.03. The highest BCUT2D eigenvalue weighted by Gasteiger charge is 2.20. The molecule has 4 nitrogen and oxygen atoms in total. The first-order valence-corrected chi connectivity index (χ1v) is 7.52. The number of likely N-dealkylation sites (tertiary alicyclic amines) is 1. The Balaban J connectivity index is 1.39. The quantitative estimate of drug-likeness (QED) is 0.908. The van der Waals surface area contributed by atoms with Crippen LogP contribution in [-0.4, -0.2) is 39.7 Å². The van der Waals surface area contributed by atoms with E-state index >= 15 is 0 Å². The SMILES string of the molecule is c1cncc(CCCN2CCC(c3ccn[nH]3)CC2)c1. The maximum absolute atomic E-state index is 4.17. The van der Waals surface area contributed by atoms with Crippen molar-refractivity contribution in [3.05, 3.63) is 48.0 Å². The number of nitrogens with one attached hydrogen (secondary N) is 1. The molecule has 0 radical (unpaired) electrons. The predicted octanol–water partition coefficient (Wildman–Crippen LogP) is 2.62. The molecule has 0 saturated carbocycles. The highest BCUT2D eigenvalue weighted by molar-refractivity contribution is 5.09. The number of H-pyrrole nitrogens is 1. The molecule has 0 amide bonds. The van der Waals surface area contributed by atoms with Crippen molar-refractivity contribution >= 4 is 0 Å². The van der Waals surface area contributed by atoms with Crippen LogP contribution < -0.4 is 0 Å². The molecule has 3 heterocycles. The normalized spacial score (nSPS) is 17.4. The third-order valence-corrected chi connectivity index (χ3v) is 4.21. The van der Waals surface area contributed by atoms with Gasteiger partial charge in [-0.3, -0.25) is 10.1 Å². The fourth-order valence-electron chi connectivity index (χ4n) is 3.01. The molecule has 0 unspecified atom stereocenters. The first kappa shape index (κ1) is 13.3. The van der Waals surface area contributed by atoms with Gasteiger partial charge >= 0.3 is 0 Å². The maximum Gasteiger partial charge on any atom is 0.0490 e. The Morgan fingerprint density at radius 3 is 2.80 bits per heavy atom. The van der Waals surface area contributed by atoms with Crippen LogP contribution in [-0.2, 0) is 6.42 Å². The van der Waals surface area contributed by atoms with Gasteiger partial charge in [-0.05, 0) is 63.0 Å². The van der Waals surface area contributed by atoms with Gasteiger partial charge in [-0.2, -0.15) is 5.10 Å². The minimum Gasteiger partial charge on any atom is -0.303 e. The van der Waals surface area contributed by atoms with Crippen LogP contribution in [0.5, 0.6) is 0 Å². The minimum absolute atomic E-state index is 0.673. The number of pyridine rings is 1. The van der Waals surface area contributed by atoms with Crippen LogP contribution in [0.1, 0.15) is 36.4 Å². The van der Waals surface area contributed by atoms with Crippen LogP contribution in [0.15, 0.2) is 36.8 Å². The van der Waals surface area contributed by atoms with Gasteiger partial charge in [0.1, 0.15) is 0 Å². The summed E-state index contributed by atoms with van der Waals surface area (Å²) < 4.78 is 0. The second-order valence-electron chi connectivity index (χ2n) is 5.59. The van der Waals surface area contributed by atoms with E-state index in [1.54, 1.807) is 0 Å².